The quantitative estimate of drug-likeness (QED) is 0.394. The van der Waals surface area contributed by atoms with Crippen LogP contribution in [-0.2, 0) is 4.79 Å². The SMILES string of the molecule is O=C(CNC(c1ccccc1)c1ccccc1)Nc1ccc2c(c1)C(=O)c1ccccc1C2=O. The largest absolute Gasteiger partial charge is 0.325 e. The number of rotatable bonds is 6. The van der Waals surface area contributed by atoms with Gasteiger partial charge >= 0.3 is 0 Å². The lowest BCUT2D eigenvalue weighted by molar-refractivity contribution is -0.115. The normalized spacial score (nSPS) is 12.3. The van der Waals surface area contributed by atoms with Crippen LogP contribution < -0.4 is 10.6 Å². The van der Waals surface area contributed by atoms with Gasteiger partial charge in [0.15, 0.2) is 11.6 Å². The first kappa shape index (κ1) is 21.5. The maximum atomic E-state index is 12.9. The van der Waals surface area contributed by atoms with Crippen LogP contribution in [0.3, 0.4) is 0 Å². The van der Waals surface area contributed by atoms with Crippen LogP contribution in [0.15, 0.2) is 103 Å². The summed E-state index contributed by atoms with van der Waals surface area (Å²) in [4.78, 5) is 38.5. The molecule has 4 aromatic rings. The summed E-state index contributed by atoms with van der Waals surface area (Å²) < 4.78 is 0. The standard InChI is InChI=1S/C29H22N2O3/c32-26(18-30-27(19-9-3-1-4-10-19)20-11-5-2-6-12-20)31-21-15-16-24-25(17-21)29(34)23-14-8-7-13-22(23)28(24)33/h1-17,27,30H,18H2,(H,31,32). The Hall–Kier alpha value is -4.35. The Labute approximate surface area is 197 Å². The maximum absolute atomic E-state index is 12.9. The monoisotopic (exact) mass is 446 g/mol. The predicted octanol–water partition coefficient (Wildman–Crippen LogP) is 4.78. The summed E-state index contributed by atoms with van der Waals surface area (Å²) in [5.41, 5.74) is 4.04. The van der Waals surface area contributed by atoms with Crippen LogP contribution in [0, 0.1) is 0 Å². The molecule has 5 nitrogen and oxygen atoms in total. The fourth-order valence-corrected chi connectivity index (χ4v) is 4.30. The van der Waals surface area contributed by atoms with Gasteiger partial charge in [0.25, 0.3) is 0 Å². The molecule has 0 spiro atoms. The first-order chi connectivity index (χ1) is 16.6. The van der Waals surface area contributed by atoms with E-state index in [4.69, 9.17) is 0 Å². The number of benzene rings is 4. The number of amides is 1. The van der Waals surface area contributed by atoms with Crippen molar-refractivity contribution in [3.05, 3.63) is 137 Å². The molecular formula is C29H22N2O3. The molecule has 5 rings (SSSR count). The molecule has 1 amide bonds. The third-order valence-corrected chi connectivity index (χ3v) is 5.94. The molecule has 0 aromatic heterocycles. The van der Waals surface area contributed by atoms with Gasteiger partial charge in [0.1, 0.15) is 0 Å². The summed E-state index contributed by atoms with van der Waals surface area (Å²) in [7, 11) is 0. The number of fused-ring (bicyclic) bond motifs is 2. The number of anilines is 1. The second-order valence-corrected chi connectivity index (χ2v) is 8.15. The van der Waals surface area contributed by atoms with Crippen molar-refractivity contribution in [2.75, 3.05) is 11.9 Å². The minimum Gasteiger partial charge on any atom is -0.325 e. The van der Waals surface area contributed by atoms with Crippen molar-refractivity contribution in [3.8, 4) is 0 Å². The second kappa shape index (κ2) is 9.25. The van der Waals surface area contributed by atoms with Crippen LogP contribution in [0.4, 0.5) is 5.69 Å². The van der Waals surface area contributed by atoms with Crippen LogP contribution in [0.25, 0.3) is 0 Å². The van der Waals surface area contributed by atoms with Crippen molar-refractivity contribution < 1.29 is 14.4 Å². The molecule has 0 atom stereocenters. The highest BCUT2D eigenvalue weighted by Gasteiger charge is 2.29. The van der Waals surface area contributed by atoms with E-state index in [1.54, 1.807) is 42.5 Å². The van der Waals surface area contributed by atoms with Gasteiger partial charge in [0.2, 0.25) is 5.91 Å². The minimum absolute atomic E-state index is 0.0707. The molecule has 0 aliphatic heterocycles. The van der Waals surface area contributed by atoms with Crippen LogP contribution in [0.5, 0.6) is 0 Å². The zero-order valence-electron chi connectivity index (χ0n) is 18.3. The number of carbonyl (C=O) groups excluding carboxylic acids is 3. The Morgan fingerprint density at radius 1 is 0.618 bits per heavy atom. The third-order valence-electron chi connectivity index (χ3n) is 5.94. The van der Waals surface area contributed by atoms with Crippen molar-refractivity contribution >= 4 is 23.2 Å². The van der Waals surface area contributed by atoms with E-state index in [0.29, 0.717) is 27.9 Å². The molecule has 5 heteroatoms. The fourth-order valence-electron chi connectivity index (χ4n) is 4.30. The Morgan fingerprint density at radius 2 is 1.12 bits per heavy atom. The first-order valence-corrected chi connectivity index (χ1v) is 11.1. The van der Waals surface area contributed by atoms with Gasteiger partial charge < -0.3 is 5.32 Å². The molecule has 0 bridgehead atoms. The topological polar surface area (TPSA) is 75.3 Å². The van der Waals surface area contributed by atoms with E-state index in [0.717, 1.165) is 11.1 Å². The molecule has 0 saturated carbocycles. The van der Waals surface area contributed by atoms with E-state index in [1.165, 1.54) is 0 Å². The van der Waals surface area contributed by atoms with E-state index in [-0.39, 0.29) is 30.1 Å². The minimum atomic E-state index is -0.244. The van der Waals surface area contributed by atoms with E-state index >= 15 is 0 Å². The zero-order chi connectivity index (χ0) is 23.5. The number of hydrogen-bond acceptors (Lipinski definition) is 4. The molecule has 0 saturated heterocycles. The molecule has 166 valence electrons. The van der Waals surface area contributed by atoms with Gasteiger partial charge in [-0.25, -0.2) is 0 Å². The third kappa shape index (κ3) is 4.17. The van der Waals surface area contributed by atoms with Crippen molar-refractivity contribution in [2.45, 2.75) is 6.04 Å². The van der Waals surface area contributed by atoms with Crippen LogP contribution >= 0.6 is 0 Å². The van der Waals surface area contributed by atoms with Crippen molar-refractivity contribution in [1.29, 1.82) is 0 Å². The maximum Gasteiger partial charge on any atom is 0.238 e. The highest BCUT2D eigenvalue weighted by atomic mass is 16.2. The molecule has 1 aliphatic carbocycles. The number of hydrogen-bond donors (Lipinski definition) is 2. The smallest absolute Gasteiger partial charge is 0.238 e. The molecule has 1 aliphatic rings. The Bertz CT molecular complexity index is 1340. The van der Waals surface area contributed by atoms with Gasteiger partial charge in [-0.15, -0.1) is 0 Å². The molecule has 4 aromatic carbocycles. The van der Waals surface area contributed by atoms with Crippen molar-refractivity contribution in [2.24, 2.45) is 0 Å². The van der Waals surface area contributed by atoms with Crippen LogP contribution in [-0.4, -0.2) is 24.0 Å². The number of carbonyl (C=O) groups is 3. The Balaban J connectivity index is 1.32. The molecule has 34 heavy (non-hydrogen) atoms. The summed E-state index contributed by atoms with van der Waals surface area (Å²) in [6.45, 7) is 0.0707. The average Bonchev–Trinajstić information content (AvgIpc) is 2.88. The summed E-state index contributed by atoms with van der Waals surface area (Å²) in [5.74, 6) is -0.641. The van der Waals surface area contributed by atoms with E-state index < -0.39 is 0 Å². The molecule has 0 unspecified atom stereocenters. The molecule has 0 heterocycles. The highest BCUT2D eigenvalue weighted by molar-refractivity contribution is 6.28. The first-order valence-electron chi connectivity index (χ1n) is 11.1. The van der Waals surface area contributed by atoms with Crippen molar-refractivity contribution in [3.63, 3.8) is 0 Å². The summed E-state index contributed by atoms with van der Waals surface area (Å²) >= 11 is 0. The van der Waals surface area contributed by atoms with Crippen molar-refractivity contribution in [1.82, 2.24) is 5.32 Å². The summed E-state index contributed by atoms with van der Waals surface area (Å²) in [6, 6.07) is 31.4. The number of nitrogens with one attached hydrogen (secondary N) is 2. The fraction of sp³-hybridized carbons (Fsp3) is 0.0690. The van der Waals surface area contributed by atoms with Gasteiger partial charge in [0.05, 0.1) is 12.6 Å². The van der Waals surface area contributed by atoms with Crippen LogP contribution in [0.1, 0.15) is 49.0 Å². The lowest BCUT2D eigenvalue weighted by Gasteiger charge is -2.20. The van der Waals surface area contributed by atoms with Gasteiger partial charge in [0, 0.05) is 27.9 Å². The molecule has 2 N–H and O–H groups in total. The highest BCUT2D eigenvalue weighted by Crippen LogP contribution is 2.29. The average molecular weight is 447 g/mol. The number of ketones is 2. The van der Waals surface area contributed by atoms with Gasteiger partial charge in [-0.2, -0.15) is 0 Å². The lowest BCUT2D eigenvalue weighted by atomic mass is 9.84. The van der Waals surface area contributed by atoms with E-state index in [1.807, 2.05) is 60.7 Å². The van der Waals surface area contributed by atoms with E-state index in [9.17, 15) is 14.4 Å². The molecule has 0 fully saturated rings. The second-order valence-electron chi connectivity index (χ2n) is 8.15. The predicted molar refractivity (Wildman–Crippen MR) is 131 cm³/mol. The Morgan fingerprint density at radius 3 is 1.71 bits per heavy atom. The van der Waals surface area contributed by atoms with Gasteiger partial charge in [-0.3, -0.25) is 19.7 Å². The van der Waals surface area contributed by atoms with Gasteiger partial charge in [-0.1, -0.05) is 84.9 Å². The summed E-state index contributed by atoms with van der Waals surface area (Å²) in [6.07, 6.45) is 0. The zero-order valence-corrected chi connectivity index (χ0v) is 18.3. The van der Waals surface area contributed by atoms with E-state index in [2.05, 4.69) is 10.6 Å². The molecule has 0 radical (unpaired) electrons. The van der Waals surface area contributed by atoms with Gasteiger partial charge in [-0.05, 0) is 29.3 Å². The lowest BCUT2D eigenvalue weighted by Crippen LogP contribution is -2.32. The summed E-state index contributed by atoms with van der Waals surface area (Å²) in [5, 5.41) is 6.18. The Kier molecular flexibility index (Phi) is 5.85. The van der Waals surface area contributed by atoms with Crippen LogP contribution in [0.2, 0.25) is 0 Å². The molecular weight excluding hydrogens is 424 g/mol.